The van der Waals surface area contributed by atoms with Crippen molar-refractivity contribution in [3.05, 3.63) is 215 Å². The van der Waals surface area contributed by atoms with Crippen LogP contribution in [0, 0.1) is 0 Å². The highest BCUT2D eigenvalue weighted by Crippen LogP contribution is 2.44. The summed E-state index contributed by atoms with van der Waals surface area (Å²) in [6.45, 7) is 3.64. The van der Waals surface area contributed by atoms with Crippen LogP contribution in [0.4, 0.5) is 0 Å². The second kappa shape index (κ2) is 18.1. The van der Waals surface area contributed by atoms with Gasteiger partial charge in [-0.15, -0.1) is 0 Å². The minimum atomic E-state index is -0.718. The minimum absolute atomic E-state index is 0.351. The van der Waals surface area contributed by atoms with Gasteiger partial charge in [0.05, 0.1) is 12.2 Å². The molecule has 2 atom stereocenters. The number of benzene rings is 6. The van der Waals surface area contributed by atoms with Crippen LogP contribution in [0.5, 0.6) is 0 Å². The third-order valence-corrected chi connectivity index (χ3v) is 10.4. The monoisotopic (exact) mass is 688 g/mol. The zero-order valence-corrected chi connectivity index (χ0v) is 30.3. The molecule has 0 aromatic heterocycles. The standard InChI is InChI=1S/C48H52N2O2/c1-2-3-34-49-50(37-45(51)35-47(39-22-10-4-11-23-39,40-24-12-5-13-25-40)41-26-14-6-15-27-41)38-46(52)36-48(42-28-16-7-17-29-42,43-30-18-8-19-31-43)44-32-20-9-21-33-44/h4-33,45-46,49,51-52H,2-3,34-38H2,1H3/t45-,46+. The summed E-state index contributed by atoms with van der Waals surface area (Å²) in [5.41, 5.74) is 9.25. The van der Waals surface area contributed by atoms with Crippen LogP contribution in [0.2, 0.25) is 0 Å². The molecule has 0 fully saturated rings. The lowest BCUT2D eigenvalue weighted by atomic mass is 9.66. The van der Waals surface area contributed by atoms with Crippen LogP contribution in [0.3, 0.4) is 0 Å². The summed E-state index contributed by atoms with van der Waals surface area (Å²) >= 11 is 0. The Morgan fingerprint density at radius 3 is 0.923 bits per heavy atom. The first-order valence-corrected chi connectivity index (χ1v) is 18.7. The molecular formula is C48H52N2O2. The number of nitrogens with zero attached hydrogens (tertiary/aromatic N) is 1. The molecule has 6 aromatic carbocycles. The lowest BCUT2D eigenvalue weighted by Gasteiger charge is -2.40. The molecule has 0 aliphatic carbocycles. The van der Waals surface area contributed by atoms with Crippen molar-refractivity contribution in [2.45, 2.75) is 55.6 Å². The Morgan fingerprint density at radius 2 is 0.692 bits per heavy atom. The maximum absolute atomic E-state index is 12.2. The van der Waals surface area contributed by atoms with Crippen molar-refractivity contribution >= 4 is 0 Å². The van der Waals surface area contributed by atoms with E-state index < -0.39 is 23.0 Å². The number of rotatable bonds is 18. The fourth-order valence-corrected chi connectivity index (χ4v) is 8.01. The van der Waals surface area contributed by atoms with Crippen LogP contribution < -0.4 is 5.43 Å². The smallest absolute Gasteiger partial charge is 0.0696 e. The van der Waals surface area contributed by atoms with Gasteiger partial charge in [0.1, 0.15) is 0 Å². The van der Waals surface area contributed by atoms with Crippen molar-refractivity contribution in [3.8, 4) is 0 Å². The Morgan fingerprint density at radius 1 is 0.442 bits per heavy atom. The number of unbranched alkanes of at least 4 members (excludes halogenated alkanes) is 1. The van der Waals surface area contributed by atoms with Gasteiger partial charge in [0.25, 0.3) is 0 Å². The zero-order chi connectivity index (χ0) is 36.1. The Bertz CT molecular complexity index is 1540. The van der Waals surface area contributed by atoms with E-state index >= 15 is 0 Å². The van der Waals surface area contributed by atoms with E-state index in [0.29, 0.717) is 25.9 Å². The molecule has 0 saturated heterocycles. The second-order valence-corrected chi connectivity index (χ2v) is 13.9. The van der Waals surface area contributed by atoms with Crippen LogP contribution in [0.1, 0.15) is 66.0 Å². The van der Waals surface area contributed by atoms with Crippen LogP contribution in [0.15, 0.2) is 182 Å². The van der Waals surface area contributed by atoms with E-state index in [0.717, 1.165) is 52.8 Å². The largest absolute Gasteiger partial charge is 0.392 e. The van der Waals surface area contributed by atoms with Crippen LogP contribution >= 0.6 is 0 Å². The van der Waals surface area contributed by atoms with Crippen molar-refractivity contribution in [3.63, 3.8) is 0 Å². The van der Waals surface area contributed by atoms with E-state index in [2.05, 4.69) is 163 Å². The first kappa shape index (κ1) is 36.9. The Hall–Kier alpha value is -4.84. The predicted octanol–water partition coefficient (Wildman–Crippen LogP) is 9.16. The van der Waals surface area contributed by atoms with Gasteiger partial charge in [-0.2, -0.15) is 0 Å². The van der Waals surface area contributed by atoms with Gasteiger partial charge in [-0.1, -0.05) is 195 Å². The first-order valence-electron chi connectivity index (χ1n) is 18.7. The number of aliphatic hydroxyl groups is 2. The zero-order valence-electron chi connectivity index (χ0n) is 30.3. The highest BCUT2D eigenvalue weighted by Gasteiger charge is 2.40. The molecule has 0 saturated carbocycles. The van der Waals surface area contributed by atoms with Crippen molar-refractivity contribution in [2.24, 2.45) is 0 Å². The fraction of sp³-hybridized carbons (Fsp3) is 0.250. The highest BCUT2D eigenvalue weighted by atomic mass is 16.3. The molecule has 0 bridgehead atoms. The molecule has 0 unspecified atom stereocenters. The van der Waals surface area contributed by atoms with Crippen LogP contribution in [-0.4, -0.2) is 47.1 Å². The predicted molar refractivity (Wildman–Crippen MR) is 214 cm³/mol. The lowest BCUT2D eigenvalue weighted by Crippen LogP contribution is -2.49. The first-order chi connectivity index (χ1) is 25.6. The number of nitrogens with one attached hydrogen (secondary N) is 1. The molecule has 3 N–H and O–H groups in total. The normalized spacial score (nSPS) is 13.2. The average Bonchev–Trinajstić information content (AvgIpc) is 3.21. The quantitative estimate of drug-likeness (QED) is 0.0479. The van der Waals surface area contributed by atoms with Gasteiger partial charge >= 0.3 is 0 Å². The van der Waals surface area contributed by atoms with E-state index in [9.17, 15) is 10.2 Å². The molecule has 6 aromatic rings. The van der Waals surface area contributed by atoms with E-state index in [-0.39, 0.29) is 0 Å². The third-order valence-electron chi connectivity index (χ3n) is 10.4. The fourth-order valence-electron chi connectivity index (χ4n) is 8.01. The van der Waals surface area contributed by atoms with Gasteiger partial charge in [-0.05, 0) is 52.6 Å². The van der Waals surface area contributed by atoms with Crippen LogP contribution in [-0.2, 0) is 10.8 Å². The van der Waals surface area contributed by atoms with E-state index in [1.165, 1.54) is 0 Å². The minimum Gasteiger partial charge on any atom is -0.392 e. The number of hydrazine groups is 1. The number of hydrogen-bond acceptors (Lipinski definition) is 4. The molecule has 0 heterocycles. The molecule has 52 heavy (non-hydrogen) atoms. The molecule has 4 nitrogen and oxygen atoms in total. The Kier molecular flexibility index (Phi) is 12.8. The van der Waals surface area contributed by atoms with Crippen molar-refractivity contribution in [1.82, 2.24) is 10.4 Å². The van der Waals surface area contributed by atoms with Gasteiger partial charge < -0.3 is 10.2 Å². The summed E-state index contributed by atoms with van der Waals surface area (Å²) in [7, 11) is 0. The van der Waals surface area contributed by atoms with Gasteiger partial charge in [0.15, 0.2) is 0 Å². The summed E-state index contributed by atoms with van der Waals surface area (Å²) in [5, 5.41) is 26.5. The molecule has 6 rings (SSSR count). The molecule has 0 aliphatic heterocycles. The van der Waals surface area contributed by atoms with E-state index in [1.807, 2.05) is 36.4 Å². The summed E-state index contributed by atoms with van der Waals surface area (Å²) in [6, 6.07) is 63.3. The number of aliphatic hydroxyl groups excluding tert-OH is 2. The van der Waals surface area contributed by atoms with Crippen molar-refractivity contribution in [1.29, 1.82) is 0 Å². The summed E-state index contributed by atoms with van der Waals surface area (Å²) in [4.78, 5) is 0. The molecule has 266 valence electrons. The number of hydrogen-bond donors (Lipinski definition) is 3. The Balaban J connectivity index is 1.33. The summed E-state index contributed by atoms with van der Waals surface area (Å²) in [6.07, 6.45) is 1.54. The molecule has 0 radical (unpaired) electrons. The van der Waals surface area contributed by atoms with Gasteiger partial charge in [-0.3, -0.25) is 5.43 Å². The maximum Gasteiger partial charge on any atom is 0.0696 e. The second-order valence-electron chi connectivity index (χ2n) is 13.9. The average molecular weight is 689 g/mol. The summed E-state index contributed by atoms with van der Waals surface area (Å²) < 4.78 is 0. The van der Waals surface area contributed by atoms with Crippen LogP contribution in [0.25, 0.3) is 0 Å². The molecular weight excluding hydrogens is 637 g/mol. The third kappa shape index (κ3) is 8.44. The topological polar surface area (TPSA) is 55.7 Å². The maximum atomic E-state index is 12.2. The molecule has 0 aliphatic rings. The van der Waals surface area contributed by atoms with Gasteiger partial charge in [0.2, 0.25) is 0 Å². The summed E-state index contributed by atoms with van der Waals surface area (Å²) in [5.74, 6) is 0. The molecule has 0 spiro atoms. The Labute approximate surface area is 310 Å². The van der Waals surface area contributed by atoms with Crippen molar-refractivity contribution < 1.29 is 10.2 Å². The van der Waals surface area contributed by atoms with E-state index in [1.54, 1.807) is 0 Å². The lowest BCUT2D eigenvalue weighted by molar-refractivity contribution is 0.0261. The SMILES string of the molecule is CCCCNN(C[C@@H](O)CC(c1ccccc1)(c1ccccc1)c1ccccc1)C[C@H](O)CC(c1ccccc1)(c1ccccc1)c1ccccc1. The van der Waals surface area contributed by atoms with Crippen molar-refractivity contribution in [2.75, 3.05) is 19.6 Å². The molecule has 0 amide bonds. The van der Waals surface area contributed by atoms with E-state index in [4.69, 9.17) is 0 Å². The van der Waals surface area contributed by atoms with Gasteiger partial charge in [0, 0.05) is 30.5 Å². The highest BCUT2D eigenvalue weighted by molar-refractivity contribution is 5.52. The van der Waals surface area contributed by atoms with Gasteiger partial charge in [-0.25, -0.2) is 5.01 Å². The molecule has 4 heteroatoms.